The van der Waals surface area contributed by atoms with Gasteiger partial charge in [-0.05, 0) is 29.8 Å². The van der Waals surface area contributed by atoms with Crippen LogP contribution in [0.2, 0.25) is 5.15 Å². The quantitative estimate of drug-likeness (QED) is 0.849. The van der Waals surface area contributed by atoms with Crippen molar-refractivity contribution >= 4 is 17.6 Å². The number of nitrogens with zero attached hydrogens (tertiary/aromatic N) is 1. The maximum Gasteiger partial charge on any atom is 0.416 e. The molecule has 1 aromatic heterocycles. The second kappa shape index (κ2) is 5.13. The van der Waals surface area contributed by atoms with E-state index in [1.54, 1.807) is 0 Å². The molecule has 104 valence electrons. The topological polar surface area (TPSA) is 50.2 Å². The highest BCUT2D eigenvalue weighted by molar-refractivity contribution is 6.32. The van der Waals surface area contributed by atoms with E-state index < -0.39 is 17.7 Å². The minimum Gasteiger partial charge on any atom is -0.477 e. The lowest BCUT2D eigenvalue weighted by Gasteiger charge is -2.08. The average Bonchev–Trinajstić information content (AvgIpc) is 2.37. The number of alkyl halides is 3. The zero-order chi connectivity index (χ0) is 14.9. The molecule has 0 fully saturated rings. The lowest BCUT2D eigenvalue weighted by Crippen LogP contribution is -2.04. The Kier molecular flexibility index (Phi) is 3.67. The van der Waals surface area contributed by atoms with Gasteiger partial charge >= 0.3 is 12.1 Å². The molecular weight excluding hydrogens is 295 g/mol. The number of aromatic nitrogens is 1. The molecule has 0 aliphatic heterocycles. The van der Waals surface area contributed by atoms with Gasteiger partial charge in [0.15, 0.2) is 0 Å². The number of hydrogen-bond acceptors (Lipinski definition) is 2. The summed E-state index contributed by atoms with van der Waals surface area (Å²) in [7, 11) is 0. The first kappa shape index (κ1) is 14.3. The molecule has 0 atom stereocenters. The van der Waals surface area contributed by atoms with Crippen LogP contribution in [0.3, 0.4) is 0 Å². The third-order valence-electron chi connectivity index (χ3n) is 2.59. The molecule has 2 rings (SSSR count). The Morgan fingerprint density at radius 1 is 1.10 bits per heavy atom. The average molecular weight is 302 g/mol. The minimum absolute atomic E-state index is 0.0790. The zero-order valence-corrected chi connectivity index (χ0v) is 10.5. The van der Waals surface area contributed by atoms with Gasteiger partial charge in [0.1, 0.15) is 10.8 Å². The molecule has 2 aromatic rings. The number of rotatable bonds is 2. The third kappa shape index (κ3) is 2.91. The van der Waals surface area contributed by atoms with E-state index in [0.717, 1.165) is 12.1 Å². The van der Waals surface area contributed by atoms with Crippen LogP contribution in [0, 0.1) is 0 Å². The molecule has 1 aromatic carbocycles. The smallest absolute Gasteiger partial charge is 0.416 e. The van der Waals surface area contributed by atoms with Gasteiger partial charge in [0.25, 0.3) is 0 Å². The Morgan fingerprint density at radius 3 is 2.15 bits per heavy atom. The molecule has 0 amide bonds. The van der Waals surface area contributed by atoms with E-state index >= 15 is 0 Å². The van der Waals surface area contributed by atoms with Crippen molar-refractivity contribution in [2.75, 3.05) is 0 Å². The number of halogens is 4. The summed E-state index contributed by atoms with van der Waals surface area (Å²) in [6, 6.07) is 7.01. The summed E-state index contributed by atoms with van der Waals surface area (Å²) in [5.41, 5.74) is -0.212. The molecule has 20 heavy (non-hydrogen) atoms. The summed E-state index contributed by atoms with van der Waals surface area (Å²) in [6.07, 6.45) is -4.41. The number of carboxylic acids is 1. The second-order valence-corrected chi connectivity index (χ2v) is 4.27. The molecule has 0 radical (unpaired) electrons. The maximum atomic E-state index is 12.4. The lowest BCUT2D eigenvalue weighted by molar-refractivity contribution is -0.137. The van der Waals surface area contributed by atoms with Gasteiger partial charge in [-0.1, -0.05) is 23.7 Å². The van der Waals surface area contributed by atoms with Crippen LogP contribution in [0.25, 0.3) is 11.1 Å². The number of aromatic carboxylic acids is 1. The highest BCUT2D eigenvalue weighted by Crippen LogP contribution is 2.32. The number of carboxylic acid groups (broad SMARTS) is 1. The van der Waals surface area contributed by atoms with Crippen LogP contribution in [0.15, 0.2) is 36.4 Å². The second-order valence-electron chi connectivity index (χ2n) is 3.92. The van der Waals surface area contributed by atoms with Crippen molar-refractivity contribution in [1.29, 1.82) is 0 Å². The monoisotopic (exact) mass is 301 g/mol. The molecule has 1 heterocycles. The van der Waals surface area contributed by atoms with Crippen LogP contribution in [0.4, 0.5) is 13.2 Å². The lowest BCUT2D eigenvalue weighted by atomic mass is 10.1. The molecule has 0 saturated carbocycles. The molecule has 0 aliphatic rings. The summed E-state index contributed by atoms with van der Waals surface area (Å²) in [4.78, 5) is 14.4. The van der Waals surface area contributed by atoms with E-state index in [0.29, 0.717) is 11.1 Å². The molecule has 0 saturated heterocycles. The van der Waals surface area contributed by atoms with Gasteiger partial charge in [-0.25, -0.2) is 9.78 Å². The van der Waals surface area contributed by atoms with Crippen molar-refractivity contribution in [1.82, 2.24) is 4.98 Å². The number of benzene rings is 1. The summed E-state index contributed by atoms with van der Waals surface area (Å²) >= 11 is 5.84. The van der Waals surface area contributed by atoms with Crippen LogP contribution in [-0.2, 0) is 6.18 Å². The van der Waals surface area contributed by atoms with Crippen LogP contribution in [-0.4, -0.2) is 16.1 Å². The summed E-state index contributed by atoms with van der Waals surface area (Å²) in [5.74, 6) is -1.23. The van der Waals surface area contributed by atoms with Crippen LogP contribution >= 0.6 is 11.6 Å². The van der Waals surface area contributed by atoms with E-state index in [4.69, 9.17) is 16.7 Å². The molecular formula is C13H7ClF3NO2. The third-order valence-corrected chi connectivity index (χ3v) is 2.88. The Balaban J connectivity index is 2.40. The van der Waals surface area contributed by atoms with Crippen molar-refractivity contribution in [2.24, 2.45) is 0 Å². The normalized spacial score (nSPS) is 11.4. The number of pyridine rings is 1. The Bertz CT molecular complexity index is 654. The van der Waals surface area contributed by atoms with Gasteiger partial charge in [-0.15, -0.1) is 0 Å². The molecule has 1 N–H and O–H groups in total. The first-order chi connectivity index (χ1) is 9.29. The van der Waals surface area contributed by atoms with Gasteiger partial charge < -0.3 is 5.11 Å². The molecule has 3 nitrogen and oxygen atoms in total. The fourth-order valence-electron chi connectivity index (χ4n) is 1.61. The van der Waals surface area contributed by atoms with Crippen LogP contribution < -0.4 is 0 Å². The zero-order valence-electron chi connectivity index (χ0n) is 9.78. The van der Waals surface area contributed by atoms with Gasteiger partial charge in [0.2, 0.25) is 0 Å². The van der Waals surface area contributed by atoms with Gasteiger partial charge in [0.05, 0.1) is 5.56 Å². The Labute approximate surface area is 116 Å². The highest BCUT2D eigenvalue weighted by atomic mass is 35.5. The summed E-state index contributed by atoms with van der Waals surface area (Å²) < 4.78 is 37.3. The first-order valence-corrected chi connectivity index (χ1v) is 5.74. The maximum absolute atomic E-state index is 12.4. The van der Waals surface area contributed by atoms with Gasteiger partial charge in [-0.3, -0.25) is 0 Å². The van der Waals surface area contributed by atoms with Crippen molar-refractivity contribution in [3.8, 4) is 11.1 Å². The summed E-state index contributed by atoms with van der Waals surface area (Å²) in [6.45, 7) is 0. The van der Waals surface area contributed by atoms with Crippen molar-refractivity contribution in [3.05, 3.63) is 52.8 Å². The molecule has 0 aliphatic carbocycles. The van der Waals surface area contributed by atoms with E-state index in [1.165, 1.54) is 24.3 Å². The van der Waals surface area contributed by atoms with Crippen molar-refractivity contribution < 1.29 is 23.1 Å². The van der Waals surface area contributed by atoms with Crippen LogP contribution in [0.5, 0.6) is 0 Å². The predicted octanol–water partition coefficient (Wildman–Crippen LogP) is 4.12. The van der Waals surface area contributed by atoms with E-state index in [2.05, 4.69) is 4.98 Å². The Hall–Kier alpha value is -2.08. The molecule has 0 spiro atoms. The van der Waals surface area contributed by atoms with E-state index in [-0.39, 0.29) is 10.8 Å². The standard InChI is InChI=1S/C13H7ClF3NO2/c14-11-9(5-6-10(18-11)12(19)20)7-1-3-8(4-2-7)13(15,16)17/h1-6H,(H,19,20). The van der Waals surface area contributed by atoms with Gasteiger partial charge in [-0.2, -0.15) is 13.2 Å². The van der Waals surface area contributed by atoms with Gasteiger partial charge in [0, 0.05) is 5.56 Å². The largest absolute Gasteiger partial charge is 0.477 e. The van der Waals surface area contributed by atoms with E-state index in [9.17, 15) is 18.0 Å². The van der Waals surface area contributed by atoms with E-state index in [1.807, 2.05) is 0 Å². The van der Waals surface area contributed by atoms with Crippen molar-refractivity contribution in [2.45, 2.75) is 6.18 Å². The fraction of sp³-hybridized carbons (Fsp3) is 0.0769. The summed E-state index contributed by atoms with van der Waals surface area (Å²) in [5, 5.41) is 8.67. The predicted molar refractivity (Wildman–Crippen MR) is 66.6 cm³/mol. The minimum atomic E-state index is -4.41. The number of carbonyl (C=O) groups is 1. The molecule has 0 bridgehead atoms. The molecule has 0 unspecified atom stereocenters. The SMILES string of the molecule is O=C(O)c1ccc(-c2ccc(C(F)(F)F)cc2)c(Cl)n1. The highest BCUT2D eigenvalue weighted by Gasteiger charge is 2.30. The first-order valence-electron chi connectivity index (χ1n) is 5.36. The molecule has 7 heteroatoms. The number of hydrogen-bond donors (Lipinski definition) is 1. The van der Waals surface area contributed by atoms with Crippen LogP contribution in [0.1, 0.15) is 16.1 Å². The Morgan fingerprint density at radius 2 is 1.70 bits per heavy atom. The fourth-order valence-corrected chi connectivity index (χ4v) is 1.87. The van der Waals surface area contributed by atoms with Crippen molar-refractivity contribution in [3.63, 3.8) is 0 Å².